The number of hydrogen-bond acceptors (Lipinski definition) is 2. The fourth-order valence-electron chi connectivity index (χ4n) is 4.41. The van der Waals surface area contributed by atoms with Crippen LogP contribution >= 0.6 is 12.4 Å². The number of hydrogen-bond donors (Lipinski definition) is 1. The fraction of sp³-hybridized carbons (Fsp3) is 0.767. The molecule has 0 saturated carbocycles. The van der Waals surface area contributed by atoms with Crippen LogP contribution in [0.4, 0.5) is 0 Å². The van der Waals surface area contributed by atoms with E-state index in [1.165, 1.54) is 95.5 Å². The van der Waals surface area contributed by atoms with Crippen LogP contribution in [0.3, 0.4) is 0 Å². The van der Waals surface area contributed by atoms with Gasteiger partial charge in [0.05, 0.1) is 0 Å². The summed E-state index contributed by atoms with van der Waals surface area (Å²) in [5.41, 5.74) is 1.34. The minimum Gasteiger partial charge on any atom is -0.356 e. The van der Waals surface area contributed by atoms with Crippen LogP contribution in [-0.2, 0) is 11.3 Å². The van der Waals surface area contributed by atoms with E-state index in [2.05, 4.69) is 61.4 Å². The zero-order valence-electron chi connectivity index (χ0n) is 22.7. The second-order valence-electron chi connectivity index (χ2n) is 10.1. The van der Waals surface area contributed by atoms with Gasteiger partial charge in [-0.15, -0.1) is 12.4 Å². The molecule has 1 unspecified atom stereocenters. The maximum absolute atomic E-state index is 12.1. The van der Waals surface area contributed by atoms with Crippen molar-refractivity contribution in [2.45, 2.75) is 136 Å². The molecule has 0 saturated heterocycles. The summed E-state index contributed by atoms with van der Waals surface area (Å²) in [5.74, 6) is 0.225. The molecule has 0 radical (unpaired) electrons. The van der Waals surface area contributed by atoms with Gasteiger partial charge in [0.15, 0.2) is 0 Å². The van der Waals surface area contributed by atoms with Crippen molar-refractivity contribution in [2.75, 3.05) is 13.6 Å². The van der Waals surface area contributed by atoms with Crippen LogP contribution in [0.1, 0.15) is 129 Å². The number of rotatable bonds is 22. The van der Waals surface area contributed by atoms with Crippen LogP contribution in [0.5, 0.6) is 0 Å². The van der Waals surface area contributed by atoms with E-state index in [1.807, 2.05) is 0 Å². The molecule has 1 aromatic carbocycles. The number of nitrogens with zero attached hydrogens (tertiary/aromatic N) is 1. The average molecular weight is 495 g/mol. The molecular weight excluding hydrogens is 440 g/mol. The van der Waals surface area contributed by atoms with Gasteiger partial charge in [0.2, 0.25) is 5.91 Å². The number of halogens is 1. The zero-order chi connectivity index (χ0) is 24.0. The molecule has 198 valence electrons. The minimum absolute atomic E-state index is 0. The lowest BCUT2D eigenvalue weighted by Gasteiger charge is -2.24. The van der Waals surface area contributed by atoms with E-state index in [4.69, 9.17) is 0 Å². The third kappa shape index (κ3) is 19.3. The van der Waals surface area contributed by atoms with E-state index in [0.717, 1.165) is 25.9 Å². The van der Waals surface area contributed by atoms with Gasteiger partial charge in [0, 0.05) is 25.6 Å². The van der Waals surface area contributed by atoms with Gasteiger partial charge in [-0.3, -0.25) is 9.69 Å². The Kier molecular flexibility index (Phi) is 22.9. The van der Waals surface area contributed by atoms with Crippen molar-refractivity contribution < 1.29 is 4.79 Å². The summed E-state index contributed by atoms with van der Waals surface area (Å²) in [5, 5.41) is 3.12. The minimum atomic E-state index is 0. The summed E-state index contributed by atoms with van der Waals surface area (Å²) in [6.07, 6.45) is 22.1. The van der Waals surface area contributed by atoms with Gasteiger partial charge < -0.3 is 5.32 Å². The SMILES string of the molecule is CCCCCCCCCCCCCCCCCC(=O)NCCC(C)N(C)Cc1ccccc1.Cl. The van der Waals surface area contributed by atoms with Crippen molar-refractivity contribution in [2.24, 2.45) is 0 Å². The molecule has 0 fully saturated rings. The second kappa shape index (κ2) is 23.7. The molecule has 0 bridgehead atoms. The van der Waals surface area contributed by atoms with Gasteiger partial charge in [-0.2, -0.15) is 0 Å². The lowest BCUT2D eigenvalue weighted by atomic mass is 10.0. The van der Waals surface area contributed by atoms with Crippen molar-refractivity contribution in [3.63, 3.8) is 0 Å². The third-order valence-electron chi connectivity index (χ3n) is 6.92. The summed E-state index contributed by atoms with van der Waals surface area (Å²) >= 11 is 0. The number of benzene rings is 1. The monoisotopic (exact) mass is 494 g/mol. The number of carbonyl (C=O) groups excluding carboxylic acids is 1. The fourth-order valence-corrected chi connectivity index (χ4v) is 4.41. The highest BCUT2D eigenvalue weighted by atomic mass is 35.5. The van der Waals surface area contributed by atoms with Crippen LogP contribution in [0.15, 0.2) is 30.3 Å². The van der Waals surface area contributed by atoms with Gasteiger partial charge in [-0.05, 0) is 32.4 Å². The lowest BCUT2D eigenvalue weighted by Crippen LogP contribution is -2.33. The summed E-state index contributed by atoms with van der Waals surface area (Å²) in [7, 11) is 2.16. The molecule has 1 aromatic rings. The summed E-state index contributed by atoms with van der Waals surface area (Å²) in [6, 6.07) is 11.0. The quantitative estimate of drug-likeness (QED) is 0.163. The Morgan fingerprint density at radius 2 is 1.26 bits per heavy atom. The van der Waals surface area contributed by atoms with Crippen molar-refractivity contribution >= 4 is 18.3 Å². The number of unbranched alkanes of at least 4 members (excludes halogenated alkanes) is 14. The molecule has 0 spiro atoms. The van der Waals surface area contributed by atoms with Crippen LogP contribution < -0.4 is 5.32 Å². The molecular formula is C30H55ClN2O. The molecule has 1 N–H and O–H groups in total. The first kappa shape index (κ1) is 32.9. The maximum atomic E-state index is 12.1. The van der Waals surface area contributed by atoms with Crippen LogP contribution in [0.2, 0.25) is 0 Å². The Balaban J connectivity index is 0.0000109. The van der Waals surface area contributed by atoms with E-state index < -0.39 is 0 Å². The number of amides is 1. The molecule has 0 aliphatic carbocycles. The molecule has 1 atom stereocenters. The largest absolute Gasteiger partial charge is 0.356 e. The second-order valence-corrected chi connectivity index (χ2v) is 10.1. The molecule has 0 aromatic heterocycles. The van der Waals surface area contributed by atoms with Crippen LogP contribution in [0, 0.1) is 0 Å². The van der Waals surface area contributed by atoms with Crippen molar-refractivity contribution in [1.29, 1.82) is 0 Å². The third-order valence-corrected chi connectivity index (χ3v) is 6.92. The smallest absolute Gasteiger partial charge is 0.219 e. The highest BCUT2D eigenvalue weighted by molar-refractivity contribution is 5.85. The zero-order valence-corrected chi connectivity index (χ0v) is 23.5. The molecule has 0 aliphatic rings. The van der Waals surface area contributed by atoms with Crippen molar-refractivity contribution in [1.82, 2.24) is 10.2 Å². The Hall–Kier alpha value is -1.06. The Morgan fingerprint density at radius 3 is 1.76 bits per heavy atom. The molecule has 4 heteroatoms. The first-order chi connectivity index (χ1) is 16.1. The Morgan fingerprint density at radius 1 is 0.794 bits per heavy atom. The maximum Gasteiger partial charge on any atom is 0.219 e. The lowest BCUT2D eigenvalue weighted by molar-refractivity contribution is -0.121. The molecule has 1 amide bonds. The molecule has 0 aliphatic heterocycles. The van der Waals surface area contributed by atoms with E-state index >= 15 is 0 Å². The predicted molar refractivity (Wildman–Crippen MR) is 152 cm³/mol. The highest BCUT2D eigenvalue weighted by Crippen LogP contribution is 2.14. The van der Waals surface area contributed by atoms with Gasteiger partial charge in [-0.1, -0.05) is 127 Å². The van der Waals surface area contributed by atoms with Gasteiger partial charge in [-0.25, -0.2) is 0 Å². The van der Waals surface area contributed by atoms with Crippen molar-refractivity contribution in [3.8, 4) is 0 Å². The van der Waals surface area contributed by atoms with Crippen LogP contribution in [0.25, 0.3) is 0 Å². The van der Waals surface area contributed by atoms with E-state index in [0.29, 0.717) is 12.5 Å². The van der Waals surface area contributed by atoms with E-state index in [1.54, 1.807) is 0 Å². The molecule has 1 rings (SSSR count). The Labute approximate surface area is 218 Å². The first-order valence-corrected chi connectivity index (χ1v) is 14.1. The van der Waals surface area contributed by atoms with Crippen LogP contribution in [-0.4, -0.2) is 30.4 Å². The standard InChI is InChI=1S/C30H54N2O.ClH/c1-4-5-6-7-8-9-10-11-12-13-14-15-16-17-21-24-30(33)31-26-25-28(2)32(3)27-29-22-19-18-20-23-29;/h18-20,22-23,28H,4-17,21,24-27H2,1-3H3,(H,31,33);1H. The molecule has 3 nitrogen and oxygen atoms in total. The summed E-state index contributed by atoms with van der Waals surface area (Å²) in [6.45, 7) is 6.25. The number of nitrogens with one attached hydrogen (secondary N) is 1. The van der Waals surface area contributed by atoms with Gasteiger partial charge in [0.25, 0.3) is 0 Å². The van der Waals surface area contributed by atoms with Gasteiger partial charge >= 0.3 is 0 Å². The van der Waals surface area contributed by atoms with Crippen molar-refractivity contribution in [3.05, 3.63) is 35.9 Å². The van der Waals surface area contributed by atoms with E-state index in [9.17, 15) is 4.79 Å². The first-order valence-electron chi connectivity index (χ1n) is 14.1. The molecule has 34 heavy (non-hydrogen) atoms. The highest BCUT2D eigenvalue weighted by Gasteiger charge is 2.10. The predicted octanol–water partition coefficient (Wildman–Crippen LogP) is 8.70. The Bertz CT molecular complexity index is 566. The summed E-state index contributed by atoms with van der Waals surface area (Å²) < 4.78 is 0. The van der Waals surface area contributed by atoms with Gasteiger partial charge in [0.1, 0.15) is 0 Å². The average Bonchev–Trinajstić information content (AvgIpc) is 2.82. The van der Waals surface area contributed by atoms with E-state index in [-0.39, 0.29) is 18.3 Å². The molecule has 0 heterocycles. The number of carbonyl (C=O) groups is 1. The summed E-state index contributed by atoms with van der Waals surface area (Å²) in [4.78, 5) is 14.5. The topological polar surface area (TPSA) is 32.3 Å². The normalized spacial score (nSPS) is 11.9.